The molecule has 0 radical (unpaired) electrons. The van der Waals surface area contributed by atoms with Gasteiger partial charge < -0.3 is 5.32 Å². The third-order valence-electron chi connectivity index (χ3n) is 1.58. The van der Waals surface area contributed by atoms with Gasteiger partial charge in [0.05, 0.1) is 5.37 Å². The van der Waals surface area contributed by atoms with Crippen LogP contribution >= 0.6 is 11.8 Å². The number of thioether (sulfide) groups is 1. The van der Waals surface area contributed by atoms with Gasteiger partial charge in [-0.1, -0.05) is 24.3 Å². The summed E-state index contributed by atoms with van der Waals surface area (Å²) in [5, 5.41) is 4.08. The van der Waals surface area contributed by atoms with Gasteiger partial charge in [0, 0.05) is 12.3 Å². The van der Waals surface area contributed by atoms with Crippen LogP contribution in [0, 0.1) is 0 Å². The highest BCUT2D eigenvalue weighted by Gasteiger charge is 2.11. The molecule has 1 nitrogen and oxygen atoms in total. The number of hydrogen-bond acceptors (Lipinski definition) is 2. The molecule has 0 spiro atoms. The van der Waals surface area contributed by atoms with Crippen LogP contribution in [0.15, 0.2) is 24.3 Å². The van der Waals surface area contributed by atoms with Crippen LogP contribution in [0.4, 0.5) is 0 Å². The van der Waals surface area contributed by atoms with Crippen molar-refractivity contribution < 1.29 is 0 Å². The van der Waals surface area contributed by atoms with E-state index in [9.17, 15) is 0 Å². The highest BCUT2D eigenvalue weighted by atomic mass is 32.2. The SMILES string of the molecule is C/C=C/C=C/CC1NCCS1. The summed E-state index contributed by atoms with van der Waals surface area (Å²) >= 11 is 2.01. The van der Waals surface area contributed by atoms with Gasteiger partial charge in [-0.2, -0.15) is 0 Å². The van der Waals surface area contributed by atoms with Gasteiger partial charge in [-0.15, -0.1) is 11.8 Å². The molecule has 0 aromatic heterocycles. The molecule has 62 valence electrons. The minimum atomic E-state index is 0.663. The lowest BCUT2D eigenvalue weighted by Gasteiger charge is -2.03. The van der Waals surface area contributed by atoms with Crippen LogP contribution in [0.25, 0.3) is 0 Å². The standard InChI is InChI=1S/C9H15NS/c1-2-3-4-5-6-9-10-7-8-11-9/h2-5,9-10H,6-8H2,1H3/b3-2+,5-4+. The Kier molecular flexibility index (Phi) is 4.39. The summed E-state index contributed by atoms with van der Waals surface area (Å²) in [6, 6.07) is 0. The first-order valence-corrected chi connectivity index (χ1v) is 5.11. The second-order valence-corrected chi connectivity index (χ2v) is 3.81. The summed E-state index contributed by atoms with van der Waals surface area (Å²) in [5.74, 6) is 1.27. The van der Waals surface area contributed by atoms with Crippen LogP contribution in [-0.2, 0) is 0 Å². The zero-order valence-electron chi connectivity index (χ0n) is 6.92. The summed E-state index contributed by atoms with van der Waals surface area (Å²) in [4.78, 5) is 0. The number of hydrogen-bond donors (Lipinski definition) is 1. The van der Waals surface area contributed by atoms with E-state index in [2.05, 4.69) is 23.5 Å². The summed E-state index contributed by atoms with van der Waals surface area (Å²) in [7, 11) is 0. The first-order valence-electron chi connectivity index (χ1n) is 4.06. The lowest BCUT2D eigenvalue weighted by atomic mass is 10.3. The van der Waals surface area contributed by atoms with Crippen LogP contribution in [0.2, 0.25) is 0 Å². The van der Waals surface area contributed by atoms with Gasteiger partial charge in [-0.25, -0.2) is 0 Å². The molecule has 0 aromatic rings. The minimum Gasteiger partial charge on any atom is -0.304 e. The van der Waals surface area contributed by atoms with Crippen molar-refractivity contribution in [3.05, 3.63) is 24.3 Å². The summed E-state index contributed by atoms with van der Waals surface area (Å²) in [6.45, 7) is 3.21. The molecule has 1 aliphatic heterocycles. The molecule has 1 unspecified atom stereocenters. The lowest BCUT2D eigenvalue weighted by Crippen LogP contribution is -2.18. The summed E-state index contributed by atoms with van der Waals surface area (Å²) < 4.78 is 0. The Balaban J connectivity index is 2.10. The number of allylic oxidation sites excluding steroid dienone is 3. The Morgan fingerprint density at radius 3 is 3.09 bits per heavy atom. The maximum absolute atomic E-state index is 3.42. The van der Waals surface area contributed by atoms with Gasteiger partial charge in [-0.3, -0.25) is 0 Å². The van der Waals surface area contributed by atoms with Gasteiger partial charge in [0.15, 0.2) is 0 Å². The van der Waals surface area contributed by atoms with E-state index in [0.717, 1.165) is 6.42 Å². The average Bonchev–Trinajstić information content (AvgIpc) is 2.50. The van der Waals surface area contributed by atoms with Gasteiger partial charge >= 0.3 is 0 Å². The first-order chi connectivity index (χ1) is 5.43. The lowest BCUT2D eigenvalue weighted by molar-refractivity contribution is 0.719. The summed E-state index contributed by atoms with van der Waals surface area (Å²) in [6.07, 6.45) is 9.59. The minimum absolute atomic E-state index is 0.663. The van der Waals surface area contributed by atoms with Crippen molar-refractivity contribution in [2.24, 2.45) is 0 Å². The quantitative estimate of drug-likeness (QED) is 0.650. The third kappa shape index (κ3) is 3.63. The fraction of sp³-hybridized carbons (Fsp3) is 0.556. The van der Waals surface area contributed by atoms with E-state index >= 15 is 0 Å². The molecular weight excluding hydrogens is 154 g/mol. The van der Waals surface area contributed by atoms with Crippen LogP contribution in [0.5, 0.6) is 0 Å². The second kappa shape index (κ2) is 5.44. The summed E-state index contributed by atoms with van der Waals surface area (Å²) in [5.41, 5.74) is 0. The molecule has 2 heteroatoms. The molecule has 11 heavy (non-hydrogen) atoms. The van der Waals surface area contributed by atoms with Crippen LogP contribution < -0.4 is 5.32 Å². The molecule has 1 N–H and O–H groups in total. The zero-order valence-corrected chi connectivity index (χ0v) is 7.73. The molecule has 1 aliphatic rings. The van der Waals surface area contributed by atoms with E-state index in [1.165, 1.54) is 12.3 Å². The Morgan fingerprint density at radius 2 is 2.45 bits per heavy atom. The van der Waals surface area contributed by atoms with Crippen molar-refractivity contribution >= 4 is 11.8 Å². The van der Waals surface area contributed by atoms with Gasteiger partial charge in [0.1, 0.15) is 0 Å². The topological polar surface area (TPSA) is 12.0 Å². The smallest absolute Gasteiger partial charge is 0.0567 e. The highest BCUT2D eigenvalue weighted by Crippen LogP contribution is 2.16. The fourth-order valence-corrected chi connectivity index (χ4v) is 2.03. The van der Waals surface area contributed by atoms with Crippen molar-refractivity contribution in [2.45, 2.75) is 18.7 Å². The third-order valence-corrected chi connectivity index (χ3v) is 2.78. The first kappa shape index (κ1) is 8.88. The van der Waals surface area contributed by atoms with Gasteiger partial charge in [0.2, 0.25) is 0 Å². The molecule has 1 rings (SSSR count). The normalized spacial score (nSPS) is 25.7. The predicted octanol–water partition coefficient (Wildman–Crippen LogP) is 2.17. The van der Waals surface area contributed by atoms with E-state index < -0.39 is 0 Å². The number of rotatable bonds is 3. The van der Waals surface area contributed by atoms with E-state index in [4.69, 9.17) is 0 Å². The molecule has 1 fully saturated rings. The molecule has 0 saturated carbocycles. The average molecular weight is 169 g/mol. The predicted molar refractivity (Wildman–Crippen MR) is 52.8 cm³/mol. The Bertz CT molecular complexity index is 146. The van der Waals surface area contributed by atoms with Crippen molar-refractivity contribution in [1.82, 2.24) is 5.32 Å². The zero-order chi connectivity index (χ0) is 7.94. The van der Waals surface area contributed by atoms with Gasteiger partial charge in [0.25, 0.3) is 0 Å². The largest absolute Gasteiger partial charge is 0.304 e. The molecule has 1 atom stereocenters. The van der Waals surface area contributed by atoms with E-state index in [1.54, 1.807) is 0 Å². The maximum atomic E-state index is 3.42. The Morgan fingerprint density at radius 1 is 1.55 bits per heavy atom. The molecule has 0 aromatic carbocycles. The highest BCUT2D eigenvalue weighted by molar-refractivity contribution is 8.00. The van der Waals surface area contributed by atoms with Crippen LogP contribution in [0.3, 0.4) is 0 Å². The fourth-order valence-electron chi connectivity index (χ4n) is 1.02. The van der Waals surface area contributed by atoms with Crippen molar-refractivity contribution in [3.8, 4) is 0 Å². The molecule has 1 saturated heterocycles. The second-order valence-electron chi connectivity index (χ2n) is 2.50. The van der Waals surface area contributed by atoms with Crippen molar-refractivity contribution in [3.63, 3.8) is 0 Å². The van der Waals surface area contributed by atoms with Crippen molar-refractivity contribution in [1.29, 1.82) is 0 Å². The molecule has 0 bridgehead atoms. The maximum Gasteiger partial charge on any atom is 0.0567 e. The van der Waals surface area contributed by atoms with E-state index in [1.807, 2.05) is 24.8 Å². The van der Waals surface area contributed by atoms with E-state index in [0.29, 0.717) is 5.37 Å². The number of nitrogens with one attached hydrogen (secondary N) is 1. The Labute approximate surface area is 72.9 Å². The van der Waals surface area contributed by atoms with Crippen LogP contribution in [0.1, 0.15) is 13.3 Å². The van der Waals surface area contributed by atoms with Gasteiger partial charge in [-0.05, 0) is 13.3 Å². The monoisotopic (exact) mass is 169 g/mol. The van der Waals surface area contributed by atoms with Crippen molar-refractivity contribution in [2.75, 3.05) is 12.3 Å². The molecular formula is C9H15NS. The molecule has 0 amide bonds. The van der Waals surface area contributed by atoms with Crippen LogP contribution in [-0.4, -0.2) is 17.7 Å². The Hall–Kier alpha value is -0.210. The molecule has 0 aliphatic carbocycles. The molecule has 1 heterocycles. The van der Waals surface area contributed by atoms with E-state index in [-0.39, 0.29) is 0 Å².